The highest BCUT2D eigenvalue weighted by Crippen LogP contribution is 2.35. The monoisotopic (exact) mass is 459 g/mol. The first kappa shape index (κ1) is 17.0. The van der Waals surface area contributed by atoms with Gasteiger partial charge in [0, 0.05) is 20.9 Å². The van der Waals surface area contributed by atoms with Crippen molar-refractivity contribution in [3.63, 3.8) is 0 Å². The summed E-state index contributed by atoms with van der Waals surface area (Å²) in [6.45, 7) is 3.21. The summed E-state index contributed by atoms with van der Waals surface area (Å²) in [4.78, 5) is 9.88. The predicted octanol–water partition coefficient (Wildman–Crippen LogP) is 6.84. The van der Waals surface area contributed by atoms with Crippen LogP contribution in [-0.2, 0) is 6.54 Å². The van der Waals surface area contributed by atoms with Crippen molar-refractivity contribution < 1.29 is 0 Å². The van der Waals surface area contributed by atoms with Gasteiger partial charge < -0.3 is 4.57 Å². The van der Waals surface area contributed by atoms with E-state index in [4.69, 9.17) is 9.97 Å². The zero-order valence-electron chi connectivity index (χ0n) is 14.1. The Balaban J connectivity index is 1.99. The summed E-state index contributed by atoms with van der Waals surface area (Å²) < 4.78 is 4.46. The van der Waals surface area contributed by atoms with E-state index in [1.165, 1.54) is 24.8 Å². The molecule has 0 bridgehead atoms. The standard InChI is InChI=1S/C20H19Br2N3/c1-2-3-4-7-10-25-19-14(11-13(21)12-15(19)22)18-20(25)24-17-9-6-5-8-16(17)23-18/h5-6,8-9,11-12H,2-4,7,10H2,1H3. The van der Waals surface area contributed by atoms with Crippen LogP contribution in [0.4, 0.5) is 0 Å². The van der Waals surface area contributed by atoms with Crippen LogP contribution >= 0.6 is 31.9 Å². The molecule has 128 valence electrons. The number of benzene rings is 2. The number of hydrogen-bond acceptors (Lipinski definition) is 2. The van der Waals surface area contributed by atoms with E-state index in [-0.39, 0.29) is 0 Å². The second kappa shape index (κ2) is 7.04. The Morgan fingerprint density at radius 2 is 1.72 bits per heavy atom. The average molecular weight is 461 g/mol. The third-order valence-corrected chi connectivity index (χ3v) is 5.66. The van der Waals surface area contributed by atoms with E-state index in [0.717, 1.165) is 49.5 Å². The fourth-order valence-corrected chi connectivity index (χ4v) is 4.84. The number of rotatable bonds is 5. The summed E-state index contributed by atoms with van der Waals surface area (Å²) >= 11 is 7.36. The Bertz CT molecular complexity index is 1070. The molecule has 4 aromatic rings. The second-order valence-electron chi connectivity index (χ2n) is 6.38. The highest BCUT2D eigenvalue weighted by atomic mass is 79.9. The summed E-state index contributed by atoms with van der Waals surface area (Å²) in [6.07, 6.45) is 4.92. The quantitative estimate of drug-likeness (QED) is 0.305. The Morgan fingerprint density at radius 1 is 0.960 bits per heavy atom. The summed E-state index contributed by atoms with van der Waals surface area (Å²) in [5, 5.41) is 1.14. The minimum Gasteiger partial charge on any atom is -0.323 e. The summed E-state index contributed by atoms with van der Waals surface area (Å²) in [6, 6.07) is 12.3. The van der Waals surface area contributed by atoms with Gasteiger partial charge in [0.1, 0.15) is 5.52 Å². The molecule has 0 atom stereocenters. The molecule has 2 heterocycles. The number of aromatic nitrogens is 3. The number of halogens is 2. The molecule has 0 unspecified atom stereocenters. The number of aryl methyl sites for hydroxylation is 1. The molecule has 0 fully saturated rings. The predicted molar refractivity (Wildman–Crippen MR) is 112 cm³/mol. The number of nitrogens with zero attached hydrogens (tertiary/aromatic N) is 3. The van der Waals surface area contributed by atoms with Crippen molar-refractivity contribution in [2.75, 3.05) is 0 Å². The molecule has 4 rings (SSSR count). The topological polar surface area (TPSA) is 30.7 Å². The summed E-state index contributed by atoms with van der Waals surface area (Å²) in [5.74, 6) is 0. The fraction of sp³-hybridized carbons (Fsp3) is 0.300. The molecule has 2 aromatic heterocycles. The van der Waals surface area contributed by atoms with Gasteiger partial charge in [0.25, 0.3) is 0 Å². The van der Waals surface area contributed by atoms with Crippen molar-refractivity contribution in [3.8, 4) is 0 Å². The zero-order valence-corrected chi connectivity index (χ0v) is 17.3. The van der Waals surface area contributed by atoms with Crippen LogP contribution in [-0.4, -0.2) is 14.5 Å². The highest BCUT2D eigenvalue weighted by Gasteiger charge is 2.17. The first-order chi connectivity index (χ1) is 12.2. The smallest absolute Gasteiger partial charge is 0.160 e. The first-order valence-corrected chi connectivity index (χ1v) is 10.3. The van der Waals surface area contributed by atoms with E-state index in [0.29, 0.717) is 0 Å². The van der Waals surface area contributed by atoms with E-state index in [2.05, 4.69) is 55.5 Å². The third kappa shape index (κ3) is 3.08. The molecule has 0 aliphatic rings. The minimum atomic E-state index is 0.941. The lowest BCUT2D eigenvalue weighted by Crippen LogP contribution is -2.00. The zero-order chi connectivity index (χ0) is 17.4. The maximum Gasteiger partial charge on any atom is 0.160 e. The maximum absolute atomic E-state index is 4.95. The van der Waals surface area contributed by atoms with Gasteiger partial charge in [-0.2, -0.15) is 0 Å². The van der Waals surface area contributed by atoms with Crippen molar-refractivity contribution in [2.45, 2.75) is 39.2 Å². The Kier molecular flexibility index (Phi) is 4.78. The van der Waals surface area contributed by atoms with Gasteiger partial charge in [-0.05, 0) is 46.6 Å². The van der Waals surface area contributed by atoms with Crippen LogP contribution < -0.4 is 0 Å². The van der Waals surface area contributed by atoms with Crippen molar-refractivity contribution in [1.29, 1.82) is 0 Å². The summed E-state index contributed by atoms with van der Waals surface area (Å²) in [5.41, 5.74) is 5.03. The number of hydrogen-bond donors (Lipinski definition) is 0. The molecule has 5 heteroatoms. The van der Waals surface area contributed by atoms with E-state index in [9.17, 15) is 0 Å². The van der Waals surface area contributed by atoms with Crippen molar-refractivity contribution in [2.24, 2.45) is 0 Å². The van der Waals surface area contributed by atoms with Gasteiger partial charge in [0.2, 0.25) is 0 Å². The molecule has 0 N–H and O–H groups in total. The van der Waals surface area contributed by atoms with Crippen molar-refractivity contribution >= 4 is 65.0 Å². The molecule has 0 saturated heterocycles. The number of unbranched alkanes of at least 4 members (excludes halogenated alkanes) is 3. The van der Waals surface area contributed by atoms with Crippen molar-refractivity contribution in [3.05, 3.63) is 45.3 Å². The third-order valence-electron chi connectivity index (χ3n) is 4.60. The molecule has 0 aliphatic carbocycles. The van der Waals surface area contributed by atoms with Gasteiger partial charge in [-0.1, -0.05) is 54.2 Å². The lowest BCUT2D eigenvalue weighted by molar-refractivity contribution is 0.600. The van der Waals surface area contributed by atoms with Crippen LogP contribution in [0.3, 0.4) is 0 Å². The van der Waals surface area contributed by atoms with E-state index < -0.39 is 0 Å². The van der Waals surface area contributed by atoms with E-state index in [1.54, 1.807) is 0 Å². The molecule has 2 aromatic carbocycles. The van der Waals surface area contributed by atoms with E-state index in [1.807, 2.05) is 24.3 Å². The molecule has 3 nitrogen and oxygen atoms in total. The first-order valence-electron chi connectivity index (χ1n) is 8.72. The Morgan fingerprint density at radius 3 is 2.48 bits per heavy atom. The SMILES string of the molecule is CCCCCCn1c2nc3ccccc3nc2c2cc(Br)cc(Br)c21. The largest absolute Gasteiger partial charge is 0.323 e. The second-order valence-corrected chi connectivity index (χ2v) is 8.15. The van der Waals surface area contributed by atoms with E-state index >= 15 is 0 Å². The Labute approximate surface area is 163 Å². The number of para-hydroxylation sites is 2. The molecule has 0 spiro atoms. The van der Waals surface area contributed by atoms with Crippen LogP contribution in [0.5, 0.6) is 0 Å². The lowest BCUT2D eigenvalue weighted by Gasteiger charge is -2.08. The molecule has 0 saturated carbocycles. The number of fused-ring (bicyclic) bond motifs is 4. The molecule has 25 heavy (non-hydrogen) atoms. The van der Waals surface area contributed by atoms with Gasteiger partial charge in [-0.25, -0.2) is 9.97 Å². The van der Waals surface area contributed by atoms with Gasteiger partial charge in [0.15, 0.2) is 5.65 Å². The molecular formula is C20H19Br2N3. The average Bonchev–Trinajstić information content (AvgIpc) is 2.90. The van der Waals surface area contributed by atoms with Gasteiger partial charge >= 0.3 is 0 Å². The van der Waals surface area contributed by atoms with Crippen LogP contribution in [0.15, 0.2) is 45.3 Å². The van der Waals surface area contributed by atoms with Gasteiger partial charge in [0.05, 0.1) is 16.6 Å². The van der Waals surface area contributed by atoms with Crippen LogP contribution in [0.25, 0.3) is 33.1 Å². The van der Waals surface area contributed by atoms with Crippen LogP contribution in [0.1, 0.15) is 32.6 Å². The summed E-state index contributed by atoms with van der Waals surface area (Å²) in [7, 11) is 0. The highest BCUT2D eigenvalue weighted by molar-refractivity contribution is 9.11. The van der Waals surface area contributed by atoms with Gasteiger partial charge in [-0.15, -0.1) is 0 Å². The van der Waals surface area contributed by atoms with Crippen LogP contribution in [0, 0.1) is 0 Å². The minimum absolute atomic E-state index is 0.941. The normalized spacial score (nSPS) is 11.8. The molecule has 0 radical (unpaired) electrons. The Hall–Kier alpha value is -1.46. The lowest BCUT2D eigenvalue weighted by atomic mass is 10.2. The van der Waals surface area contributed by atoms with Crippen LogP contribution in [0.2, 0.25) is 0 Å². The van der Waals surface area contributed by atoms with Crippen molar-refractivity contribution in [1.82, 2.24) is 14.5 Å². The fourth-order valence-electron chi connectivity index (χ4n) is 3.40. The molecule has 0 aliphatic heterocycles. The maximum atomic E-state index is 4.95. The van der Waals surface area contributed by atoms with Gasteiger partial charge in [-0.3, -0.25) is 0 Å². The molecular weight excluding hydrogens is 442 g/mol. The molecule has 0 amide bonds.